The molecule has 0 saturated heterocycles. The number of hydrogen-bond donors (Lipinski definition) is 1. The maximum Gasteiger partial charge on any atom is 0.123 e. The average molecular weight is 277 g/mol. The highest BCUT2D eigenvalue weighted by Gasteiger charge is 2.26. The van der Waals surface area contributed by atoms with Gasteiger partial charge >= 0.3 is 0 Å². The van der Waals surface area contributed by atoms with Crippen molar-refractivity contribution >= 4 is 0 Å². The van der Waals surface area contributed by atoms with Crippen LogP contribution in [0, 0.1) is 19.8 Å². The van der Waals surface area contributed by atoms with Crippen LogP contribution >= 0.6 is 0 Å². The molecule has 4 nitrogen and oxygen atoms in total. The first-order valence-corrected chi connectivity index (χ1v) is 8.08. The van der Waals surface area contributed by atoms with E-state index in [9.17, 15) is 5.11 Å². The molecule has 0 spiro atoms. The van der Waals surface area contributed by atoms with Crippen molar-refractivity contribution in [1.29, 1.82) is 0 Å². The molecule has 1 aliphatic carbocycles. The maximum absolute atomic E-state index is 10.5. The number of imidazole rings is 1. The number of nitrogens with zero attached hydrogens (tertiary/aromatic N) is 3. The molecule has 3 rings (SSSR count). The highest BCUT2D eigenvalue weighted by Crippen LogP contribution is 2.27. The number of rotatable bonds is 3. The van der Waals surface area contributed by atoms with E-state index < -0.39 is 0 Å². The predicted octanol–water partition coefficient (Wildman–Crippen LogP) is 2.26. The molecule has 1 saturated carbocycles. The Balaban J connectivity index is 1.59. The fourth-order valence-electron chi connectivity index (χ4n) is 3.75. The van der Waals surface area contributed by atoms with Crippen LogP contribution in [0.1, 0.15) is 49.3 Å². The summed E-state index contributed by atoms with van der Waals surface area (Å²) in [4.78, 5) is 7.04. The minimum Gasteiger partial charge on any atom is -0.392 e. The van der Waals surface area contributed by atoms with Gasteiger partial charge in [-0.3, -0.25) is 4.90 Å². The van der Waals surface area contributed by atoms with Crippen LogP contribution in [0.2, 0.25) is 0 Å². The van der Waals surface area contributed by atoms with Gasteiger partial charge in [-0.05, 0) is 32.6 Å². The zero-order valence-corrected chi connectivity index (χ0v) is 12.8. The van der Waals surface area contributed by atoms with E-state index in [0.29, 0.717) is 5.92 Å². The lowest BCUT2D eigenvalue weighted by Crippen LogP contribution is -2.41. The maximum atomic E-state index is 10.5. The van der Waals surface area contributed by atoms with Crippen molar-refractivity contribution in [1.82, 2.24) is 14.5 Å². The van der Waals surface area contributed by atoms with Crippen molar-refractivity contribution in [3.8, 4) is 0 Å². The summed E-state index contributed by atoms with van der Waals surface area (Å²) in [7, 11) is 0. The number of aliphatic hydroxyl groups is 1. The number of aromatic nitrogens is 2. The van der Waals surface area contributed by atoms with Gasteiger partial charge in [-0.1, -0.05) is 19.3 Å². The molecule has 112 valence electrons. The molecule has 1 aromatic heterocycles. The average Bonchev–Trinajstić information content (AvgIpc) is 2.74. The number of aryl methyl sites for hydroxylation is 1. The van der Waals surface area contributed by atoms with E-state index in [4.69, 9.17) is 0 Å². The van der Waals surface area contributed by atoms with Gasteiger partial charge in [-0.15, -0.1) is 0 Å². The summed E-state index contributed by atoms with van der Waals surface area (Å²) in [5, 5.41) is 10.5. The monoisotopic (exact) mass is 277 g/mol. The number of β-amino-alcohol motifs (C(OH)–C–C–N with tert-alkyl or cyclic N) is 1. The number of fused-ring (bicyclic) bond motifs is 1. The van der Waals surface area contributed by atoms with Gasteiger partial charge in [0, 0.05) is 25.3 Å². The summed E-state index contributed by atoms with van der Waals surface area (Å²) >= 11 is 0. The zero-order chi connectivity index (χ0) is 14.1. The van der Waals surface area contributed by atoms with E-state index in [0.717, 1.165) is 31.9 Å². The van der Waals surface area contributed by atoms with Gasteiger partial charge in [0.25, 0.3) is 0 Å². The van der Waals surface area contributed by atoms with Gasteiger partial charge in [0.1, 0.15) is 5.82 Å². The third kappa shape index (κ3) is 2.77. The van der Waals surface area contributed by atoms with Crippen LogP contribution in [0.4, 0.5) is 0 Å². The second-order valence-corrected chi connectivity index (χ2v) is 6.55. The van der Waals surface area contributed by atoms with Gasteiger partial charge in [0.15, 0.2) is 0 Å². The first kappa shape index (κ1) is 14.1. The molecule has 2 heterocycles. The van der Waals surface area contributed by atoms with Crippen LogP contribution in [0.15, 0.2) is 0 Å². The molecule has 1 atom stereocenters. The Morgan fingerprint density at radius 2 is 1.95 bits per heavy atom. The molecule has 1 aromatic rings. The standard InChI is InChI=1S/C16H27N3O/c1-12-13(2)19-9-8-18(11-16(19)17-12)10-15(20)14-6-4-3-5-7-14/h14-15,20H,3-11H2,1-2H3. The van der Waals surface area contributed by atoms with E-state index in [1.165, 1.54) is 43.6 Å². The topological polar surface area (TPSA) is 41.3 Å². The Morgan fingerprint density at radius 1 is 1.20 bits per heavy atom. The Hall–Kier alpha value is -0.870. The fourth-order valence-corrected chi connectivity index (χ4v) is 3.75. The molecule has 1 N–H and O–H groups in total. The van der Waals surface area contributed by atoms with Crippen LogP contribution in [0.5, 0.6) is 0 Å². The summed E-state index contributed by atoms with van der Waals surface area (Å²) in [5.41, 5.74) is 2.45. The first-order valence-electron chi connectivity index (χ1n) is 8.08. The summed E-state index contributed by atoms with van der Waals surface area (Å²) in [5.74, 6) is 1.69. The van der Waals surface area contributed by atoms with Crippen LogP contribution in [-0.4, -0.2) is 38.8 Å². The van der Waals surface area contributed by atoms with E-state index in [1.54, 1.807) is 0 Å². The van der Waals surface area contributed by atoms with Gasteiger partial charge in [0.2, 0.25) is 0 Å². The van der Waals surface area contributed by atoms with Crippen LogP contribution in [-0.2, 0) is 13.1 Å². The van der Waals surface area contributed by atoms with Crippen LogP contribution in [0.3, 0.4) is 0 Å². The van der Waals surface area contributed by atoms with Gasteiger partial charge in [-0.25, -0.2) is 4.98 Å². The van der Waals surface area contributed by atoms with E-state index in [1.807, 2.05) is 0 Å². The minimum absolute atomic E-state index is 0.154. The fraction of sp³-hybridized carbons (Fsp3) is 0.812. The highest BCUT2D eigenvalue weighted by atomic mass is 16.3. The summed E-state index contributed by atoms with van der Waals surface area (Å²) < 4.78 is 2.33. The van der Waals surface area contributed by atoms with Crippen LogP contribution in [0.25, 0.3) is 0 Å². The van der Waals surface area contributed by atoms with Gasteiger partial charge in [0.05, 0.1) is 18.3 Å². The Morgan fingerprint density at radius 3 is 2.70 bits per heavy atom. The quantitative estimate of drug-likeness (QED) is 0.921. The van der Waals surface area contributed by atoms with E-state index in [2.05, 4.69) is 28.3 Å². The van der Waals surface area contributed by atoms with Crippen molar-refractivity contribution in [2.24, 2.45) is 5.92 Å². The molecule has 20 heavy (non-hydrogen) atoms. The number of hydrogen-bond acceptors (Lipinski definition) is 3. The Labute approximate surface area is 121 Å². The Kier molecular flexibility index (Phi) is 4.13. The van der Waals surface area contributed by atoms with Crippen molar-refractivity contribution in [2.45, 2.75) is 65.1 Å². The number of aliphatic hydroxyl groups excluding tert-OH is 1. The molecular formula is C16H27N3O. The molecule has 1 aliphatic heterocycles. The van der Waals surface area contributed by atoms with E-state index in [-0.39, 0.29) is 6.10 Å². The molecule has 1 fully saturated rings. The lowest BCUT2D eigenvalue weighted by atomic mass is 9.85. The predicted molar refractivity (Wildman–Crippen MR) is 79.6 cm³/mol. The van der Waals surface area contributed by atoms with Crippen molar-refractivity contribution in [3.05, 3.63) is 17.2 Å². The third-order valence-corrected chi connectivity index (χ3v) is 5.18. The molecule has 2 aliphatic rings. The second kappa shape index (κ2) is 5.86. The molecule has 4 heteroatoms. The molecule has 0 bridgehead atoms. The largest absolute Gasteiger partial charge is 0.392 e. The summed E-state index contributed by atoms with van der Waals surface area (Å²) in [6, 6.07) is 0. The highest BCUT2D eigenvalue weighted by molar-refractivity contribution is 5.15. The first-order chi connectivity index (χ1) is 9.65. The molecule has 0 aromatic carbocycles. The Bertz CT molecular complexity index is 463. The minimum atomic E-state index is -0.154. The van der Waals surface area contributed by atoms with Crippen LogP contribution < -0.4 is 0 Å². The summed E-state index contributed by atoms with van der Waals surface area (Å²) in [6.45, 7) is 7.99. The molecular weight excluding hydrogens is 250 g/mol. The van der Waals surface area contributed by atoms with Gasteiger partial charge < -0.3 is 9.67 Å². The van der Waals surface area contributed by atoms with E-state index >= 15 is 0 Å². The smallest absolute Gasteiger partial charge is 0.123 e. The third-order valence-electron chi connectivity index (χ3n) is 5.18. The molecule has 0 radical (unpaired) electrons. The van der Waals surface area contributed by atoms with Crippen molar-refractivity contribution in [3.63, 3.8) is 0 Å². The zero-order valence-electron chi connectivity index (χ0n) is 12.8. The molecule has 1 unspecified atom stereocenters. The second-order valence-electron chi connectivity index (χ2n) is 6.55. The molecule has 0 amide bonds. The summed E-state index contributed by atoms with van der Waals surface area (Å²) in [6.07, 6.45) is 6.21. The van der Waals surface area contributed by atoms with Gasteiger partial charge in [-0.2, -0.15) is 0 Å². The normalized spacial score (nSPS) is 22.8. The van der Waals surface area contributed by atoms with Crippen molar-refractivity contribution in [2.75, 3.05) is 13.1 Å². The lowest BCUT2D eigenvalue weighted by Gasteiger charge is -2.33. The van der Waals surface area contributed by atoms with Crippen molar-refractivity contribution < 1.29 is 5.11 Å². The lowest BCUT2D eigenvalue weighted by molar-refractivity contribution is 0.0388. The SMILES string of the molecule is Cc1nc2n(c1C)CCN(CC(O)C1CCCCC1)C2.